The summed E-state index contributed by atoms with van der Waals surface area (Å²) in [6.45, 7) is 18.6. The zero-order valence-electron chi connectivity index (χ0n) is 14.1. The van der Waals surface area contributed by atoms with Crippen LogP contribution in [-0.4, -0.2) is 52.2 Å². The molecule has 3 nitrogen and oxygen atoms in total. The van der Waals surface area contributed by atoms with Gasteiger partial charge in [-0.3, -0.25) is 12.9 Å². The van der Waals surface area contributed by atoms with Gasteiger partial charge in [0.15, 0.2) is 0 Å². The lowest BCUT2D eigenvalue weighted by Gasteiger charge is -2.05. The summed E-state index contributed by atoms with van der Waals surface area (Å²) in [5.41, 5.74) is 0. The molecule has 0 aliphatic carbocycles. The van der Waals surface area contributed by atoms with Crippen molar-refractivity contribution in [1.82, 2.24) is 12.9 Å². The Labute approximate surface area is 146 Å². The molecule has 138 valence electrons. The minimum absolute atomic E-state index is 0. The highest BCUT2D eigenvalue weighted by molar-refractivity contribution is 7.78. The molecule has 21 heavy (non-hydrogen) atoms. The van der Waals surface area contributed by atoms with Gasteiger partial charge in [-0.1, -0.05) is 80.0 Å². The molecule has 9 heteroatoms. The average Bonchev–Trinajstić information content (AvgIpc) is 2.45. The fraction of sp³-hybridized carbons (Fsp3) is 1.00. The van der Waals surface area contributed by atoms with Crippen LogP contribution >= 0.6 is 38.4 Å². The molecule has 0 amide bonds. The second-order valence-electron chi connectivity index (χ2n) is 3.42. The second-order valence-corrected chi connectivity index (χ2v) is 5.11. The maximum absolute atomic E-state index is 4.06. The molecule has 0 aromatic heterocycles. The van der Waals surface area contributed by atoms with Crippen LogP contribution in [-0.2, 0) is 0 Å². The highest BCUT2D eigenvalue weighted by Crippen LogP contribution is 1.87. The number of nitrogens with zero attached hydrogens (tertiary/aromatic N) is 3. The minimum Gasteiger partial charge on any atom is -1.00 e. The second kappa shape index (κ2) is 32.6. The van der Waals surface area contributed by atoms with Crippen LogP contribution in [0, 0.1) is 0 Å². The zero-order valence-corrected chi connectivity index (χ0v) is 16.7. The third-order valence-corrected chi connectivity index (χ3v) is 3.89. The van der Waals surface area contributed by atoms with Crippen LogP contribution in [0.1, 0.15) is 41.5 Å². The Morgan fingerprint density at radius 2 is 0.524 bits per heavy atom. The summed E-state index contributed by atoms with van der Waals surface area (Å²) in [6, 6.07) is 0. The first-order chi connectivity index (χ1) is 8.42. The quantitative estimate of drug-likeness (QED) is 0.402. The Bertz CT molecular complexity index is 116. The third kappa shape index (κ3) is 44.9. The average molecular weight is 373 g/mol. The van der Waals surface area contributed by atoms with E-state index in [2.05, 4.69) is 80.0 Å². The normalized spacial score (nSPS) is 8.57. The summed E-state index contributed by atoms with van der Waals surface area (Å²) in [4.78, 5) is 0. The zero-order chi connectivity index (χ0) is 15.0. The molecule has 0 atom stereocenters. The first kappa shape index (κ1) is 37.7. The smallest absolute Gasteiger partial charge is 0.00584 e. The van der Waals surface area contributed by atoms with Crippen LogP contribution in [0.2, 0.25) is 0 Å². The molecule has 0 heterocycles. The fourth-order valence-corrected chi connectivity index (χ4v) is 0.671. The lowest BCUT2D eigenvalue weighted by Crippen LogP contribution is -3.00. The van der Waals surface area contributed by atoms with Crippen LogP contribution in [0.25, 0.3) is 0 Å². The summed E-state index contributed by atoms with van der Waals surface area (Å²) < 4.78 is 5.83. The lowest BCUT2D eigenvalue weighted by atomic mass is 10.7. The van der Waals surface area contributed by atoms with Crippen LogP contribution in [0.4, 0.5) is 0 Å². The summed E-state index contributed by atoms with van der Waals surface area (Å²) in [5.74, 6) is 0. The molecule has 0 aliphatic heterocycles. The van der Waals surface area contributed by atoms with Gasteiger partial charge in [0.1, 0.15) is 0 Å². The van der Waals surface area contributed by atoms with Gasteiger partial charge in [-0.25, -0.2) is 0 Å². The monoisotopic (exact) mass is 372 g/mol. The van der Waals surface area contributed by atoms with Gasteiger partial charge in [0, 0.05) is 39.3 Å². The maximum atomic E-state index is 4.06. The Morgan fingerprint density at radius 1 is 0.429 bits per heavy atom. The molecular formula is C12H33F3N3S3-3. The predicted molar refractivity (Wildman–Crippen MR) is 95.7 cm³/mol. The summed E-state index contributed by atoms with van der Waals surface area (Å²) >= 11 is 12.2. The minimum atomic E-state index is 0. The van der Waals surface area contributed by atoms with Gasteiger partial charge in [-0.05, 0) is 0 Å². The van der Waals surface area contributed by atoms with E-state index in [4.69, 9.17) is 0 Å². The van der Waals surface area contributed by atoms with Crippen molar-refractivity contribution in [2.24, 2.45) is 0 Å². The maximum Gasteiger partial charge on any atom is 0.00584 e. The van der Waals surface area contributed by atoms with Crippen LogP contribution in [0.3, 0.4) is 0 Å². The van der Waals surface area contributed by atoms with Crippen molar-refractivity contribution in [3.8, 4) is 0 Å². The van der Waals surface area contributed by atoms with E-state index in [1.165, 1.54) is 0 Å². The van der Waals surface area contributed by atoms with Crippen molar-refractivity contribution in [2.45, 2.75) is 41.5 Å². The van der Waals surface area contributed by atoms with Crippen LogP contribution < -0.4 is 14.1 Å². The highest BCUT2D eigenvalue weighted by atomic mass is 32.1. The molecule has 0 saturated carbocycles. The van der Waals surface area contributed by atoms with Crippen molar-refractivity contribution in [3.63, 3.8) is 0 Å². The van der Waals surface area contributed by atoms with E-state index in [-0.39, 0.29) is 14.1 Å². The van der Waals surface area contributed by atoms with Gasteiger partial charge in [0.25, 0.3) is 0 Å². The van der Waals surface area contributed by atoms with Gasteiger partial charge in [0.05, 0.1) is 0 Å². The molecule has 0 fully saturated rings. The van der Waals surface area contributed by atoms with E-state index in [1.807, 2.05) is 12.9 Å². The molecule has 0 aliphatic rings. The van der Waals surface area contributed by atoms with E-state index in [0.717, 1.165) is 39.3 Å². The Morgan fingerprint density at radius 3 is 0.524 bits per heavy atom. The number of halogens is 3. The first-order valence-corrected chi connectivity index (χ1v) is 7.94. The van der Waals surface area contributed by atoms with Crippen LogP contribution in [0.15, 0.2) is 0 Å². The molecule has 0 rings (SSSR count). The standard InChI is InChI=1S/3C4H11NS.3FH/c3*1-3-5(6)4-2;;;/h3*6H,3-4H2,1-2H3;3*1H/p-3. The Balaban J connectivity index is -0.0000000375. The van der Waals surface area contributed by atoms with Gasteiger partial charge in [-0.2, -0.15) is 0 Å². The molecule has 0 radical (unpaired) electrons. The van der Waals surface area contributed by atoms with Gasteiger partial charge < -0.3 is 14.1 Å². The number of hydrogen-bond acceptors (Lipinski definition) is 6. The van der Waals surface area contributed by atoms with Crippen molar-refractivity contribution < 1.29 is 14.1 Å². The molecule has 0 saturated heterocycles. The van der Waals surface area contributed by atoms with E-state index in [9.17, 15) is 0 Å². The Kier molecular flexibility index (Phi) is 58.6. The topological polar surface area (TPSA) is 9.72 Å². The number of rotatable bonds is 6. The molecule has 0 bridgehead atoms. The molecule has 0 aromatic rings. The third-order valence-electron chi connectivity index (χ3n) is 2.19. The fourth-order valence-electron chi connectivity index (χ4n) is 0.671. The van der Waals surface area contributed by atoms with E-state index in [0.29, 0.717) is 0 Å². The van der Waals surface area contributed by atoms with Crippen molar-refractivity contribution in [3.05, 3.63) is 0 Å². The van der Waals surface area contributed by atoms with E-state index < -0.39 is 0 Å². The molecule has 0 N–H and O–H groups in total. The van der Waals surface area contributed by atoms with Crippen LogP contribution in [0.5, 0.6) is 0 Å². The Hall–Kier alpha value is 0.720. The lowest BCUT2D eigenvalue weighted by molar-refractivity contribution is -0.00100. The molecule has 0 spiro atoms. The highest BCUT2D eigenvalue weighted by Gasteiger charge is 1.84. The first-order valence-electron chi connectivity index (χ1n) is 6.74. The largest absolute Gasteiger partial charge is 1.00 e. The van der Waals surface area contributed by atoms with Crippen molar-refractivity contribution in [2.75, 3.05) is 39.3 Å². The van der Waals surface area contributed by atoms with E-state index >= 15 is 0 Å². The van der Waals surface area contributed by atoms with Gasteiger partial charge in [0.2, 0.25) is 0 Å². The molecule has 0 unspecified atom stereocenters. The van der Waals surface area contributed by atoms with Gasteiger partial charge in [-0.15, -0.1) is 0 Å². The number of thiol groups is 3. The summed E-state index contributed by atoms with van der Waals surface area (Å²) in [5, 5.41) is 0. The summed E-state index contributed by atoms with van der Waals surface area (Å²) in [6.07, 6.45) is 0. The van der Waals surface area contributed by atoms with Crippen molar-refractivity contribution in [1.29, 1.82) is 0 Å². The summed E-state index contributed by atoms with van der Waals surface area (Å²) in [7, 11) is 0. The van der Waals surface area contributed by atoms with Gasteiger partial charge >= 0.3 is 0 Å². The molecule has 0 aromatic carbocycles. The number of hydrogen-bond donors (Lipinski definition) is 3. The molecular weight excluding hydrogens is 339 g/mol. The van der Waals surface area contributed by atoms with Crippen molar-refractivity contribution >= 4 is 38.4 Å². The van der Waals surface area contributed by atoms with E-state index in [1.54, 1.807) is 0 Å². The SMILES string of the molecule is CCN(S)CC.CCN(S)CC.CCN(S)CC.[F-].[F-].[F-]. The predicted octanol–water partition coefficient (Wildman–Crippen LogP) is -5.47.